The van der Waals surface area contributed by atoms with Crippen molar-refractivity contribution in [2.24, 2.45) is 12.8 Å². The molecule has 1 heterocycles. The molecule has 0 radical (unpaired) electrons. The Morgan fingerprint density at radius 1 is 1.56 bits per heavy atom. The summed E-state index contributed by atoms with van der Waals surface area (Å²) in [5.41, 5.74) is 7.88. The van der Waals surface area contributed by atoms with Crippen LogP contribution in [0.2, 0.25) is 5.02 Å². The Morgan fingerprint density at radius 3 is 2.88 bits per heavy atom. The van der Waals surface area contributed by atoms with Crippen LogP contribution < -0.4 is 5.73 Å². The summed E-state index contributed by atoms with van der Waals surface area (Å²) in [5.74, 6) is 0.878. The van der Waals surface area contributed by atoms with Gasteiger partial charge in [-0.25, -0.2) is 4.98 Å². The van der Waals surface area contributed by atoms with E-state index in [1.165, 1.54) is 0 Å². The fraction of sp³-hybridized carbons (Fsp3) is 0.364. The number of aliphatic hydroxyl groups is 1. The highest BCUT2D eigenvalue weighted by molar-refractivity contribution is 6.31. The number of hydrogen-bond donors (Lipinski definition) is 2. The Bertz CT molecular complexity index is 535. The van der Waals surface area contributed by atoms with E-state index in [0.29, 0.717) is 5.02 Å². The number of halogens is 1. The van der Waals surface area contributed by atoms with Crippen molar-refractivity contribution in [3.05, 3.63) is 28.5 Å². The van der Waals surface area contributed by atoms with Crippen LogP contribution in [-0.2, 0) is 7.05 Å². The first-order chi connectivity index (χ1) is 7.54. The molecule has 1 aromatic heterocycles. The van der Waals surface area contributed by atoms with Crippen molar-refractivity contribution < 1.29 is 5.11 Å². The van der Waals surface area contributed by atoms with E-state index < -0.39 is 6.10 Å². The zero-order chi connectivity index (χ0) is 11.9. The lowest BCUT2D eigenvalue weighted by atomic mass is 10.1. The van der Waals surface area contributed by atoms with Gasteiger partial charge in [-0.15, -0.1) is 0 Å². The van der Waals surface area contributed by atoms with Gasteiger partial charge in [0.1, 0.15) is 5.82 Å². The van der Waals surface area contributed by atoms with E-state index in [-0.39, 0.29) is 6.54 Å². The molecular formula is C11H14ClN3O. The number of rotatable bonds is 2. The minimum absolute atomic E-state index is 0.166. The SMILES string of the molecule is Cc1nc2cc(Cl)cc(C(O)CN)c2n1C. The number of benzene rings is 1. The van der Waals surface area contributed by atoms with Crippen LogP contribution >= 0.6 is 11.6 Å². The molecule has 0 saturated heterocycles. The molecule has 0 aliphatic rings. The van der Waals surface area contributed by atoms with Crippen LogP contribution in [0.15, 0.2) is 12.1 Å². The summed E-state index contributed by atoms with van der Waals surface area (Å²) in [4.78, 5) is 4.38. The van der Waals surface area contributed by atoms with E-state index in [1.54, 1.807) is 12.1 Å². The Hall–Kier alpha value is -1.10. The number of aryl methyl sites for hydroxylation is 2. The fourth-order valence-electron chi connectivity index (χ4n) is 1.85. The van der Waals surface area contributed by atoms with E-state index in [0.717, 1.165) is 22.4 Å². The van der Waals surface area contributed by atoms with Crippen LogP contribution in [0.1, 0.15) is 17.5 Å². The Balaban J connectivity index is 2.79. The summed E-state index contributed by atoms with van der Waals surface area (Å²) in [6.45, 7) is 2.08. The maximum Gasteiger partial charge on any atom is 0.106 e. The minimum Gasteiger partial charge on any atom is -0.387 e. The molecule has 0 aliphatic carbocycles. The molecule has 0 fully saturated rings. The quantitative estimate of drug-likeness (QED) is 0.835. The molecule has 1 aromatic carbocycles. The van der Waals surface area contributed by atoms with Gasteiger partial charge in [0.15, 0.2) is 0 Å². The molecule has 2 rings (SSSR count). The van der Waals surface area contributed by atoms with Crippen molar-refractivity contribution in [2.45, 2.75) is 13.0 Å². The molecule has 4 nitrogen and oxygen atoms in total. The van der Waals surface area contributed by atoms with Gasteiger partial charge in [0.2, 0.25) is 0 Å². The molecule has 16 heavy (non-hydrogen) atoms. The van der Waals surface area contributed by atoms with Gasteiger partial charge in [-0.05, 0) is 19.1 Å². The second-order valence-electron chi connectivity index (χ2n) is 3.83. The third-order valence-electron chi connectivity index (χ3n) is 2.77. The summed E-state index contributed by atoms with van der Waals surface area (Å²) in [5, 5.41) is 10.4. The Morgan fingerprint density at radius 2 is 2.25 bits per heavy atom. The minimum atomic E-state index is -0.712. The lowest BCUT2D eigenvalue weighted by Gasteiger charge is -2.11. The van der Waals surface area contributed by atoms with E-state index in [2.05, 4.69) is 4.98 Å². The van der Waals surface area contributed by atoms with Crippen LogP contribution in [0.4, 0.5) is 0 Å². The summed E-state index contributed by atoms with van der Waals surface area (Å²) in [6.07, 6.45) is -0.712. The molecule has 1 unspecified atom stereocenters. The zero-order valence-corrected chi connectivity index (χ0v) is 9.99. The van der Waals surface area contributed by atoms with Crippen molar-refractivity contribution in [1.29, 1.82) is 0 Å². The Kier molecular flexibility index (Phi) is 2.88. The molecule has 0 aliphatic heterocycles. The van der Waals surface area contributed by atoms with Crippen molar-refractivity contribution in [2.75, 3.05) is 6.54 Å². The number of nitrogens with zero attached hydrogens (tertiary/aromatic N) is 2. The summed E-state index contributed by atoms with van der Waals surface area (Å²) in [6, 6.07) is 3.53. The molecule has 3 N–H and O–H groups in total. The van der Waals surface area contributed by atoms with E-state index >= 15 is 0 Å². The third kappa shape index (κ3) is 1.69. The second kappa shape index (κ2) is 4.05. The molecule has 0 spiro atoms. The molecule has 1 atom stereocenters. The molecule has 0 saturated carbocycles. The third-order valence-corrected chi connectivity index (χ3v) is 2.99. The lowest BCUT2D eigenvalue weighted by molar-refractivity contribution is 0.188. The normalized spacial score (nSPS) is 13.3. The molecule has 0 amide bonds. The second-order valence-corrected chi connectivity index (χ2v) is 4.27. The number of aliphatic hydroxyl groups excluding tert-OH is 1. The number of aromatic nitrogens is 2. The number of fused-ring (bicyclic) bond motifs is 1. The molecule has 86 valence electrons. The summed E-state index contributed by atoms with van der Waals surface area (Å²) in [7, 11) is 1.91. The topological polar surface area (TPSA) is 64.1 Å². The fourth-order valence-corrected chi connectivity index (χ4v) is 2.07. The highest BCUT2D eigenvalue weighted by atomic mass is 35.5. The van der Waals surface area contributed by atoms with Gasteiger partial charge < -0.3 is 15.4 Å². The van der Waals surface area contributed by atoms with Gasteiger partial charge in [0.05, 0.1) is 17.1 Å². The first-order valence-electron chi connectivity index (χ1n) is 5.05. The predicted molar refractivity (Wildman–Crippen MR) is 64.5 cm³/mol. The molecule has 5 heteroatoms. The van der Waals surface area contributed by atoms with Gasteiger partial charge in [-0.2, -0.15) is 0 Å². The lowest BCUT2D eigenvalue weighted by Crippen LogP contribution is -2.12. The maximum atomic E-state index is 9.86. The molecular weight excluding hydrogens is 226 g/mol. The van der Waals surface area contributed by atoms with E-state index in [9.17, 15) is 5.11 Å². The van der Waals surface area contributed by atoms with Crippen LogP contribution in [0, 0.1) is 6.92 Å². The van der Waals surface area contributed by atoms with Gasteiger partial charge in [0.25, 0.3) is 0 Å². The standard InChI is InChI=1S/C11H14ClN3O/c1-6-14-9-4-7(12)3-8(10(16)5-13)11(9)15(6)2/h3-4,10,16H,5,13H2,1-2H3. The highest BCUT2D eigenvalue weighted by Gasteiger charge is 2.15. The number of imidazole rings is 1. The van der Waals surface area contributed by atoms with Gasteiger partial charge >= 0.3 is 0 Å². The van der Waals surface area contributed by atoms with Crippen molar-refractivity contribution >= 4 is 22.6 Å². The van der Waals surface area contributed by atoms with Crippen molar-refractivity contribution in [1.82, 2.24) is 9.55 Å². The van der Waals surface area contributed by atoms with Crippen LogP contribution in [0.3, 0.4) is 0 Å². The average molecular weight is 240 g/mol. The van der Waals surface area contributed by atoms with Crippen LogP contribution in [0.25, 0.3) is 11.0 Å². The average Bonchev–Trinajstić information content (AvgIpc) is 2.52. The highest BCUT2D eigenvalue weighted by Crippen LogP contribution is 2.28. The van der Waals surface area contributed by atoms with Gasteiger partial charge in [-0.1, -0.05) is 11.6 Å². The molecule has 0 bridgehead atoms. The van der Waals surface area contributed by atoms with Gasteiger partial charge in [0, 0.05) is 24.2 Å². The smallest absolute Gasteiger partial charge is 0.106 e. The Labute approximate surface area is 98.6 Å². The largest absolute Gasteiger partial charge is 0.387 e. The summed E-state index contributed by atoms with van der Waals surface area (Å²) < 4.78 is 1.93. The molecule has 2 aromatic rings. The summed E-state index contributed by atoms with van der Waals surface area (Å²) >= 11 is 5.99. The van der Waals surface area contributed by atoms with Crippen LogP contribution in [0.5, 0.6) is 0 Å². The first kappa shape index (κ1) is 11.4. The number of hydrogen-bond acceptors (Lipinski definition) is 3. The van der Waals surface area contributed by atoms with Gasteiger partial charge in [-0.3, -0.25) is 0 Å². The first-order valence-corrected chi connectivity index (χ1v) is 5.43. The monoisotopic (exact) mass is 239 g/mol. The van der Waals surface area contributed by atoms with Crippen LogP contribution in [-0.4, -0.2) is 21.2 Å². The number of nitrogens with two attached hydrogens (primary N) is 1. The van der Waals surface area contributed by atoms with E-state index in [4.69, 9.17) is 17.3 Å². The zero-order valence-electron chi connectivity index (χ0n) is 9.24. The van der Waals surface area contributed by atoms with E-state index in [1.807, 2.05) is 18.5 Å². The van der Waals surface area contributed by atoms with Crippen molar-refractivity contribution in [3.8, 4) is 0 Å². The maximum absolute atomic E-state index is 9.86. The predicted octanol–water partition coefficient (Wildman–Crippen LogP) is 1.53. The van der Waals surface area contributed by atoms with Crippen molar-refractivity contribution in [3.63, 3.8) is 0 Å².